The van der Waals surface area contributed by atoms with Crippen molar-refractivity contribution >= 4 is 20.3 Å². The van der Waals surface area contributed by atoms with Gasteiger partial charge in [0.2, 0.25) is 0 Å². The van der Waals surface area contributed by atoms with Gasteiger partial charge in [-0.25, -0.2) is 9.46 Å². The van der Waals surface area contributed by atoms with Crippen LogP contribution in [0.3, 0.4) is 0 Å². The molecule has 0 aliphatic carbocycles. The van der Waals surface area contributed by atoms with E-state index in [0.29, 0.717) is 24.4 Å². The van der Waals surface area contributed by atoms with Crippen molar-refractivity contribution in [2.45, 2.75) is 46.4 Å². The van der Waals surface area contributed by atoms with E-state index in [1.165, 1.54) is 0 Å². The number of carboxylic acid groups (broad SMARTS) is 1. The number of amides is 1. The molecular formula is C15H25N2O4P. The van der Waals surface area contributed by atoms with Crippen LogP contribution in [0.2, 0.25) is 0 Å². The molecule has 124 valence electrons. The lowest BCUT2D eigenvalue weighted by molar-refractivity contribution is 0.189. The van der Waals surface area contributed by atoms with Crippen molar-refractivity contribution in [1.82, 2.24) is 4.67 Å². The average Bonchev–Trinajstić information content (AvgIpc) is 2.43. The zero-order valence-corrected chi connectivity index (χ0v) is 14.6. The Balaban J connectivity index is 2.64. The molecule has 7 heteroatoms. The van der Waals surface area contributed by atoms with E-state index < -0.39 is 14.6 Å². The summed E-state index contributed by atoms with van der Waals surface area (Å²) in [4.78, 5) is 10.6. The van der Waals surface area contributed by atoms with E-state index in [9.17, 15) is 4.79 Å². The quantitative estimate of drug-likeness (QED) is 0.697. The van der Waals surface area contributed by atoms with Crippen LogP contribution in [0.5, 0.6) is 0 Å². The molecule has 0 aliphatic rings. The molecule has 0 radical (unpaired) electrons. The molecule has 1 unspecified atom stereocenters. The van der Waals surface area contributed by atoms with Gasteiger partial charge in [0, 0.05) is 24.9 Å². The molecule has 1 aromatic carbocycles. The Labute approximate surface area is 133 Å². The third-order valence-corrected chi connectivity index (χ3v) is 4.91. The van der Waals surface area contributed by atoms with Gasteiger partial charge in [-0.3, -0.25) is 5.32 Å². The highest BCUT2D eigenvalue weighted by Gasteiger charge is 2.25. The Morgan fingerprint density at radius 2 is 1.77 bits per heavy atom. The predicted octanol–water partition coefficient (Wildman–Crippen LogP) is 4.29. The molecule has 2 N–H and O–H groups in total. The van der Waals surface area contributed by atoms with E-state index in [2.05, 4.69) is 37.7 Å². The molecular weight excluding hydrogens is 303 g/mol. The fourth-order valence-corrected chi connectivity index (χ4v) is 3.57. The molecule has 1 amide bonds. The molecule has 0 aromatic heterocycles. The maximum Gasteiger partial charge on any atom is 0.409 e. The number of nitrogens with one attached hydrogen (secondary N) is 1. The van der Waals surface area contributed by atoms with Gasteiger partial charge in [0.25, 0.3) is 8.53 Å². The van der Waals surface area contributed by atoms with Gasteiger partial charge in [-0.2, -0.15) is 0 Å². The van der Waals surface area contributed by atoms with E-state index in [4.69, 9.17) is 14.2 Å². The maximum atomic E-state index is 10.6. The van der Waals surface area contributed by atoms with Crippen LogP contribution in [0.4, 0.5) is 10.5 Å². The van der Waals surface area contributed by atoms with Crippen molar-refractivity contribution in [3.05, 3.63) is 29.8 Å². The molecule has 0 saturated carbocycles. The number of nitrogens with zero attached hydrogens (tertiary/aromatic N) is 1. The van der Waals surface area contributed by atoms with Crippen LogP contribution in [0.1, 0.15) is 33.3 Å². The number of rotatable bonds is 8. The van der Waals surface area contributed by atoms with Gasteiger partial charge in [0.1, 0.15) is 0 Å². The average molecular weight is 328 g/mol. The van der Waals surface area contributed by atoms with Crippen LogP contribution in [0.25, 0.3) is 0 Å². The second-order valence-electron chi connectivity index (χ2n) is 5.39. The van der Waals surface area contributed by atoms with Crippen molar-refractivity contribution in [2.24, 2.45) is 0 Å². The number of benzene rings is 1. The third-order valence-electron chi connectivity index (χ3n) is 2.95. The van der Waals surface area contributed by atoms with Gasteiger partial charge in [-0.05, 0) is 45.4 Å². The number of hydrogen-bond donors (Lipinski definition) is 2. The molecule has 0 bridgehead atoms. The number of carbonyl (C=O) groups is 1. The summed E-state index contributed by atoms with van der Waals surface area (Å²) < 4.78 is 13.6. The highest BCUT2D eigenvalue weighted by Crippen LogP contribution is 2.45. The smallest absolute Gasteiger partial charge is 0.409 e. The highest BCUT2D eigenvalue weighted by atomic mass is 31.2. The summed E-state index contributed by atoms with van der Waals surface area (Å²) in [6.45, 7) is 8.88. The molecule has 1 rings (SSSR count). The topological polar surface area (TPSA) is 71.0 Å². The minimum atomic E-state index is -1.12. The van der Waals surface area contributed by atoms with Crippen molar-refractivity contribution in [1.29, 1.82) is 0 Å². The summed E-state index contributed by atoms with van der Waals surface area (Å²) in [5.41, 5.74) is 1.50. The van der Waals surface area contributed by atoms with Crippen LogP contribution in [-0.4, -0.2) is 35.1 Å². The van der Waals surface area contributed by atoms with Crippen LogP contribution in [-0.2, 0) is 15.7 Å². The molecule has 1 aromatic rings. The fourth-order valence-electron chi connectivity index (χ4n) is 2.12. The van der Waals surface area contributed by atoms with Crippen LogP contribution >= 0.6 is 8.53 Å². The predicted molar refractivity (Wildman–Crippen MR) is 88.9 cm³/mol. The van der Waals surface area contributed by atoms with E-state index in [1.807, 2.05) is 12.1 Å². The zero-order valence-electron chi connectivity index (χ0n) is 13.7. The summed E-state index contributed by atoms with van der Waals surface area (Å²) in [7, 11) is 0.534. The minimum Gasteiger partial charge on any atom is -0.465 e. The Bertz CT molecular complexity index is 457. The molecule has 0 spiro atoms. The Hall–Kier alpha value is -1.20. The van der Waals surface area contributed by atoms with Gasteiger partial charge in [-0.15, -0.1) is 0 Å². The van der Waals surface area contributed by atoms with Crippen molar-refractivity contribution in [3.8, 4) is 0 Å². The van der Waals surface area contributed by atoms with Gasteiger partial charge >= 0.3 is 6.09 Å². The first-order chi connectivity index (χ1) is 10.3. The molecule has 22 heavy (non-hydrogen) atoms. The van der Waals surface area contributed by atoms with Gasteiger partial charge in [0.15, 0.2) is 0 Å². The molecule has 0 heterocycles. The third kappa shape index (κ3) is 5.89. The van der Waals surface area contributed by atoms with Gasteiger partial charge < -0.3 is 14.2 Å². The van der Waals surface area contributed by atoms with Crippen LogP contribution < -0.4 is 5.32 Å². The van der Waals surface area contributed by atoms with Crippen molar-refractivity contribution in [2.75, 3.05) is 12.4 Å². The number of hydrogen-bond acceptors (Lipinski definition) is 4. The molecule has 0 saturated heterocycles. The minimum absolute atomic E-state index is 0.327. The largest absolute Gasteiger partial charge is 0.465 e. The molecule has 0 aliphatic heterocycles. The number of anilines is 1. The molecule has 6 nitrogen and oxygen atoms in total. The van der Waals surface area contributed by atoms with E-state index in [0.717, 1.165) is 5.56 Å². The van der Waals surface area contributed by atoms with Crippen LogP contribution in [0, 0.1) is 0 Å². The summed E-state index contributed by atoms with van der Waals surface area (Å²) in [5.74, 6) is 0. The Morgan fingerprint density at radius 1 is 1.23 bits per heavy atom. The van der Waals surface area contributed by atoms with Crippen molar-refractivity contribution < 1.29 is 18.9 Å². The summed E-state index contributed by atoms with van der Waals surface area (Å²) in [6.07, 6.45) is -1.07. The standard InChI is InChI=1S/C15H25N2O4P/c1-11(2)17(12(3)4)22(20-5)21-10-13-6-8-14(9-7-13)16-15(18)19/h6-9,11-12,16H,10H2,1-5H3,(H,18,19). The first-order valence-corrected chi connectivity index (χ1v) is 8.32. The van der Waals surface area contributed by atoms with E-state index in [1.54, 1.807) is 19.2 Å². The zero-order chi connectivity index (χ0) is 16.7. The summed E-state index contributed by atoms with van der Waals surface area (Å²) >= 11 is 0. The second-order valence-corrected chi connectivity index (χ2v) is 6.95. The lowest BCUT2D eigenvalue weighted by Crippen LogP contribution is -2.33. The van der Waals surface area contributed by atoms with Gasteiger partial charge in [-0.1, -0.05) is 12.1 Å². The second kappa shape index (κ2) is 9.06. The first kappa shape index (κ1) is 18.8. The SMILES string of the molecule is COP(OCc1ccc(NC(=O)O)cc1)N(C(C)C)C(C)C. The van der Waals surface area contributed by atoms with E-state index >= 15 is 0 Å². The first-order valence-electron chi connectivity index (χ1n) is 7.19. The maximum absolute atomic E-state index is 10.6. The lowest BCUT2D eigenvalue weighted by Gasteiger charge is -2.34. The molecule has 0 fully saturated rings. The van der Waals surface area contributed by atoms with Crippen molar-refractivity contribution in [3.63, 3.8) is 0 Å². The normalized spacial score (nSPS) is 12.9. The van der Waals surface area contributed by atoms with Gasteiger partial charge in [0.05, 0.1) is 6.61 Å². The van der Waals surface area contributed by atoms with E-state index in [-0.39, 0.29) is 0 Å². The Morgan fingerprint density at radius 3 is 2.18 bits per heavy atom. The fraction of sp³-hybridized carbons (Fsp3) is 0.533. The molecule has 1 atom stereocenters. The monoisotopic (exact) mass is 328 g/mol. The highest BCUT2D eigenvalue weighted by molar-refractivity contribution is 7.44. The summed E-state index contributed by atoms with van der Waals surface area (Å²) in [5, 5.41) is 11.0. The lowest BCUT2D eigenvalue weighted by atomic mass is 10.2. The summed E-state index contributed by atoms with van der Waals surface area (Å²) in [6, 6.07) is 7.75. The van der Waals surface area contributed by atoms with Crippen LogP contribution in [0.15, 0.2) is 24.3 Å². The Kier molecular flexibility index (Phi) is 7.76.